The van der Waals surface area contributed by atoms with E-state index in [4.69, 9.17) is 9.47 Å². The lowest BCUT2D eigenvalue weighted by molar-refractivity contribution is -0.138. The van der Waals surface area contributed by atoms with E-state index in [1.807, 2.05) is 13.8 Å². The molecule has 0 aromatic carbocycles. The van der Waals surface area contributed by atoms with Gasteiger partial charge in [0, 0.05) is 13.0 Å². The fraction of sp³-hybridized carbons (Fsp3) is 0.900. The zero-order valence-corrected chi connectivity index (χ0v) is 8.91. The Morgan fingerprint density at radius 2 is 2.36 bits per heavy atom. The number of ether oxygens (including phenoxy) is 2. The molecule has 1 aliphatic rings. The van der Waals surface area contributed by atoms with Gasteiger partial charge in [0.2, 0.25) is 5.91 Å². The van der Waals surface area contributed by atoms with Crippen molar-refractivity contribution in [2.45, 2.75) is 45.4 Å². The van der Waals surface area contributed by atoms with Crippen molar-refractivity contribution >= 4 is 5.91 Å². The van der Waals surface area contributed by atoms with Gasteiger partial charge in [0.25, 0.3) is 0 Å². The molecule has 14 heavy (non-hydrogen) atoms. The number of rotatable bonds is 5. The molecule has 0 spiro atoms. The standard InChI is InChI=1S/C10H19NO3/c1-3-13-8(2)14-7-9-5-4-6-10(12)11-9/h8-9H,3-7H2,1-2H3,(H,11,12)/t8?,9-/m1/s1. The van der Waals surface area contributed by atoms with Gasteiger partial charge in [-0.1, -0.05) is 0 Å². The summed E-state index contributed by atoms with van der Waals surface area (Å²) in [7, 11) is 0. The molecule has 1 fully saturated rings. The van der Waals surface area contributed by atoms with Crippen LogP contribution in [0, 0.1) is 0 Å². The van der Waals surface area contributed by atoms with E-state index in [1.165, 1.54) is 0 Å². The quantitative estimate of drug-likeness (QED) is 0.676. The third kappa shape index (κ3) is 4.07. The molecule has 0 bridgehead atoms. The first-order valence-electron chi connectivity index (χ1n) is 5.25. The largest absolute Gasteiger partial charge is 0.353 e. The molecule has 0 aromatic rings. The predicted molar refractivity (Wildman–Crippen MR) is 52.8 cm³/mol. The Morgan fingerprint density at radius 3 is 3.00 bits per heavy atom. The molecule has 0 radical (unpaired) electrons. The van der Waals surface area contributed by atoms with Gasteiger partial charge in [-0.2, -0.15) is 0 Å². The molecule has 1 saturated heterocycles. The van der Waals surface area contributed by atoms with Gasteiger partial charge in [-0.25, -0.2) is 0 Å². The Balaban J connectivity index is 2.13. The summed E-state index contributed by atoms with van der Waals surface area (Å²) in [5.41, 5.74) is 0. The van der Waals surface area contributed by atoms with Crippen molar-refractivity contribution in [1.29, 1.82) is 0 Å². The minimum Gasteiger partial charge on any atom is -0.353 e. The van der Waals surface area contributed by atoms with Crippen LogP contribution in [0.2, 0.25) is 0 Å². The monoisotopic (exact) mass is 201 g/mol. The van der Waals surface area contributed by atoms with Crippen LogP contribution >= 0.6 is 0 Å². The molecule has 82 valence electrons. The van der Waals surface area contributed by atoms with Gasteiger partial charge in [0.05, 0.1) is 12.6 Å². The van der Waals surface area contributed by atoms with Crippen LogP contribution < -0.4 is 5.32 Å². The van der Waals surface area contributed by atoms with Gasteiger partial charge in [-0.15, -0.1) is 0 Å². The average molecular weight is 201 g/mol. The minimum atomic E-state index is -0.182. The number of carbonyl (C=O) groups is 1. The summed E-state index contributed by atoms with van der Waals surface area (Å²) >= 11 is 0. The van der Waals surface area contributed by atoms with Crippen LogP contribution in [0.1, 0.15) is 33.1 Å². The van der Waals surface area contributed by atoms with Crippen LogP contribution in [-0.2, 0) is 14.3 Å². The molecule has 1 rings (SSSR count). The lowest BCUT2D eigenvalue weighted by atomic mass is 10.1. The van der Waals surface area contributed by atoms with Crippen LogP contribution in [0.4, 0.5) is 0 Å². The van der Waals surface area contributed by atoms with E-state index < -0.39 is 0 Å². The Labute approximate surface area is 85.0 Å². The molecule has 4 nitrogen and oxygen atoms in total. The summed E-state index contributed by atoms with van der Waals surface area (Å²) in [6.07, 6.45) is 2.43. The maximum Gasteiger partial charge on any atom is 0.220 e. The van der Waals surface area contributed by atoms with Crippen molar-refractivity contribution in [1.82, 2.24) is 5.32 Å². The smallest absolute Gasteiger partial charge is 0.220 e. The Hall–Kier alpha value is -0.610. The van der Waals surface area contributed by atoms with Gasteiger partial charge < -0.3 is 14.8 Å². The third-order valence-corrected chi connectivity index (χ3v) is 2.26. The second-order valence-electron chi connectivity index (χ2n) is 3.51. The van der Waals surface area contributed by atoms with Crippen molar-refractivity contribution in [2.75, 3.05) is 13.2 Å². The minimum absolute atomic E-state index is 0.133. The molecule has 1 N–H and O–H groups in total. The Kier molecular flexibility index (Phi) is 4.90. The molecule has 1 unspecified atom stereocenters. The molecule has 4 heteroatoms. The lowest BCUT2D eigenvalue weighted by Crippen LogP contribution is -2.42. The van der Waals surface area contributed by atoms with E-state index in [0.29, 0.717) is 19.6 Å². The molecule has 1 aliphatic heterocycles. The lowest BCUT2D eigenvalue weighted by Gasteiger charge is -2.24. The van der Waals surface area contributed by atoms with Gasteiger partial charge in [-0.3, -0.25) is 4.79 Å². The fourth-order valence-electron chi connectivity index (χ4n) is 1.54. The Bertz CT molecular complexity index is 184. The van der Waals surface area contributed by atoms with Crippen LogP contribution in [0.25, 0.3) is 0 Å². The number of hydrogen-bond acceptors (Lipinski definition) is 3. The molecule has 0 aliphatic carbocycles. The van der Waals surface area contributed by atoms with E-state index in [9.17, 15) is 4.79 Å². The first-order chi connectivity index (χ1) is 6.72. The number of carbonyl (C=O) groups excluding carboxylic acids is 1. The van der Waals surface area contributed by atoms with Crippen molar-refractivity contribution in [2.24, 2.45) is 0 Å². The topological polar surface area (TPSA) is 47.6 Å². The first kappa shape index (κ1) is 11.5. The molecule has 0 saturated carbocycles. The molecule has 0 aromatic heterocycles. The van der Waals surface area contributed by atoms with E-state index >= 15 is 0 Å². The van der Waals surface area contributed by atoms with E-state index in [1.54, 1.807) is 0 Å². The second-order valence-corrected chi connectivity index (χ2v) is 3.51. The first-order valence-corrected chi connectivity index (χ1v) is 5.25. The highest BCUT2D eigenvalue weighted by Crippen LogP contribution is 2.09. The molecule has 1 amide bonds. The number of hydrogen-bond donors (Lipinski definition) is 1. The zero-order valence-electron chi connectivity index (χ0n) is 8.91. The summed E-state index contributed by atoms with van der Waals surface area (Å²) in [6.45, 7) is 5.00. The summed E-state index contributed by atoms with van der Waals surface area (Å²) in [5.74, 6) is 0.133. The summed E-state index contributed by atoms with van der Waals surface area (Å²) in [6, 6.07) is 0.166. The maximum atomic E-state index is 11.0. The van der Waals surface area contributed by atoms with Crippen LogP contribution in [0.5, 0.6) is 0 Å². The van der Waals surface area contributed by atoms with Crippen LogP contribution in [0.15, 0.2) is 0 Å². The van der Waals surface area contributed by atoms with Crippen LogP contribution in [-0.4, -0.2) is 31.5 Å². The zero-order chi connectivity index (χ0) is 10.4. The fourth-order valence-corrected chi connectivity index (χ4v) is 1.54. The Morgan fingerprint density at radius 1 is 1.57 bits per heavy atom. The van der Waals surface area contributed by atoms with Gasteiger partial charge in [0.1, 0.15) is 0 Å². The van der Waals surface area contributed by atoms with Gasteiger partial charge >= 0.3 is 0 Å². The molecular weight excluding hydrogens is 182 g/mol. The van der Waals surface area contributed by atoms with E-state index in [-0.39, 0.29) is 18.2 Å². The van der Waals surface area contributed by atoms with Crippen molar-refractivity contribution in [3.8, 4) is 0 Å². The maximum absolute atomic E-state index is 11.0. The third-order valence-electron chi connectivity index (χ3n) is 2.26. The number of amides is 1. The van der Waals surface area contributed by atoms with E-state index in [0.717, 1.165) is 12.8 Å². The molecule has 2 atom stereocenters. The number of nitrogens with one attached hydrogen (secondary N) is 1. The highest BCUT2D eigenvalue weighted by Gasteiger charge is 2.18. The SMILES string of the molecule is CCOC(C)OC[C@H]1CCCC(=O)N1. The molecule has 1 heterocycles. The average Bonchev–Trinajstić information content (AvgIpc) is 2.15. The van der Waals surface area contributed by atoms with Crippen LogP contribution in [0.3, 0.4) is 0 Å². The highest BCUT2D eigenvalue weighted by atomic mass is 16.7. The predicted octanol–water partition coefficient (Wildman–Crippen LogP) is 1.05. The number of piperidine rings is 1. The summed E-state index contributed by atoms with van der Waals surface area (Å²) in [5, 5.41) is 2.89. The second kappa shape index (κ2) is 5.98. The highest BCUT2D eigenvalue weighted by molar-refractivity contribution is 5.76. The summed E-state index contributed by atoms with van der Waals surface area (Å²) in [4.78, 5) is 11.0. The van der Waals surface area contributed by atoms with Gasteiger partial charge in [0.15, 0.2) is 6.29 Å². The van der Waals surface area contributed by atoms with Crippen molar-refractivity contribution in [3.05, 3.63) is 0 Å². The van der Waals surface area contributed by atoms with Crippen molar-refractivity contribution in [3.63, 3.8) is 0 Å². The normalized spacial score (nSPS) is 24.4. The molecular formula is C10H19NO3. The van der Waals surface area contributed by atoms with E-state index in [2.05, 4.69) is 5.32 Å². The van der Waals surface area contributed by atoms with Gasteiger partial charge in [-0.05, 0) is 26.7 Å². The summed E-state index contributed by atoms with van der Waals surface area (Å²) < 4.78 is 10.7. The van der Waals surface area contributed by atoms with Crippen molar-refractivity contribution < 1.29 is 14.3 Å².